The minimum atomic E-state index is -0.304. The van der Waals surface area contributed by atoms with Gasteiger partial charge in [-0.15, -0.1) is 10.2 Å². The van der Waals surface area contributed by atoms with Crippen LogP contribution in [0.25, 0.3) is 17.1 Å². The minimum Gasteiger partial charge on any atom is -0.272 e. The molecule has 0 fully saturated rings. The van der Waals surface area contributed by atoms with E-state index >= 15 is 0 Å². The van der Waals surface area contributed by atoms with E-state index in [4.69, 9.17) is 34.8 Å². The lowest BCUT2D eigenvalue weighted by atomic mass is 10.1. The van der Waals surface area contributed by atoms with Crippen LogP contribution in [0.1, 0.15) is 11.1 Å². The summed E-state index contributed by atoms with van der Waals surface area (Å²) in [7, 11) is 0. The Morgan fingerprint density at radius 3 is 2.50 bits per heavy atom. The molecular weight excluding hydrogens is 513 g/mol. The number of rotatable bonds is 7. The summed E-state index contributed by atoms with van der Waals surface area (Å²) < 4.78 is 1.90. The van der Waals surface area contributed by atoms with Crippen molar-refractivity contribution in [2.45, 2.75) is 12.1 Å². The molecule has 3 aromatic carbocycles. The highest BCUT2D eigenvalue weighted by Gasteiger charge is 2.17. The van der Waals surface area contributed by atoms with Crippen LogP contribution >= 0.6 is 46.6 Å². The number of amides is 1. The number of aromatic nitrogens is 3. The van der Waals surface area contributed by atoms with E-state index in [9.17, 15) is 4.79 Å². The highest BCUT2D eigenvalue weighted by Crippen LogP contribution is 2.29. The maximum atomic E-state index is 12.4. The molecule has 1 aromatic heterocycles. The zero-order valence-corrected chi connectivity index (χ0v) is 21.0. The van der Waals surface area contributed by atoms with Crippen LogP contribution in [0.5, 0.6) is 0 Å². The molecule has 0 aliphatic rings. The van der Waals surface area contributed by atoms with Gasteiger partial charge >= 0.3 is 0 Å². The van der Waals surface area contributed by atoms with Crippen molar-refractivity contribution in [1.82, 2.24) is 20.2 Å². The van der Waals surface area contributed by atoms with Crippen LogP contribution in [0.2, 0.25) is 15.1 Å². The summed E-state index contributed by atoms with van der Waals surface area (Å²) in [5, 5.41) is 14.7. The largest absolute Gasteiger partial charge is 0.272 e. The molecule has 4 aromatic rings. The second-order valence-corrected chi connectivity index (χ2v) is 9.37. The van der Waals surface area contributed by atoms with Crippen molar-refractivity contribution in [3.8, 4) is 17.1 Å². The summed E-state index contributed by atoms with van der Waals surface area (Å²) >= 11 is 19.4. The lowest BCUT2D eigenvalue weighted by Gasteiger charge is -2.10. The molecule has 0 aliphatic carbocycles. The van der Waals surface area contributed by atoms with Gasteiger partial charge in [0.1, 0.15) is 0 Å². The van der Waals surface area contributed by atoms with Gasteiger partial charge in [0.15, 0.2) is 11.0 Å². The molecule has 0 saturated heterocycles. The molecule has 0 spiro atoms. The number of nitrogens with zero attached hydrogens (tertiary/aromatic N) is 4. The summed E-state index contributed by atoms with van der Waals surface area (Å²) in [5.41, 5.74) is 5.99. The number of carbonyl (C=O) groups is 1. The summed E-state index contributed by atoms with van der Waals surface area (Å²) in [5.74, 6) is 0.445. The Morgan fingerprint density at radius 2 is 1.76 bits per heavy atom. The third-order valence-electron chi connectivity index (χ3n) is 4.73. The molecule has 1 N–H and O–H groups in total. The summed E-state index contributed by atoms with van der Waals surface area (Å²) in [6, 6.07) is 20.5. The van der Waals surface area contributed by atoms with E-state index in [1.165, 1.54) is 18.0 Å². The molecule has 0 bridgehead atoms. The number of carbonyl (C=O) groups excluding carboxylic acids is 1. The van der Waals surface area contributed by atoms with Gasteiger partial charge in [0, 0.05) is 21.8 Å². The number of benzene rings is 3. The van der Waals surface area contributed by atoms with Crippen molar-refractivity contribution in [3.63, 3.8) is 0 Å². The van der Waals surface area contributed by atoms with Crippen molar-refractivity contribution in [3.05, 3.63) is 92.9 Å². The smallest absolute Gasteiger partial charge is 0.250 e. The van der Waals surface area contributed by atoms with E-state index in [2.05, 4.69) is 20.7 Å². The maximum absolute atomic E-state index is 12.4. The van der Waals surface area contributed by atoms with Gasteiger partial charge in [-0.25, -0.2) is 5.43 Å². The standard InChI is InChI=1S/C24H18Cl3N5OS/c1-15-5-7-16(8-6-15)23-30-31-24(32(23)19-11-9-18(25)10-12-19)34-14-21(33)29-28-13-17-3-2-4-20(26)22(17)27/h2-13H,14H2,1H3,(H,29,33)/b28-13-. The number of aryl methyl sites for hydroxylation is 1. The first-order valence-corrected chi connectivity index (χ1v) is 12.2. The second-order valence-electron chi connectivity index (χ2n) is 7.21. The van der Waals surface area contributed by atoms with Crippen LogP contribution in [0, 0.1) is 6.92 Å². The molecule has 0 unspecified atom stereocenters. The zero-order chi connectivity index (χ0) is 24.1. The molecule has 1 heterocycles. The first-order valence-electron chi connectivity index (χ1n) is 10.1. The highest BCUT2D eigenvalue weighted by atomic mass is 35.5. The minimum absolute atomic E-state index is 0.0836. The van der Waals surface area contributed by atoms with Crippen molar-refractivity contribution in [1.29, 1.82) is 0 Å². The van der Waals surface area contributed by atoms with E-state index in [0.717, 1.165) is 16.8 Å². The Kier molecular flexibility index (Phi) is 7.90. The first kappa shape index (κ1) is 24.3. The van der Waals surface area contributed by atoms with Crippen molar-refractivity contribution in [2.24, 2.45) is 5.10 Å². The van der Waals surface area contributed by atoms with E-state index in [1.54, 1.807) is 30.3 Å². The number of hydrogen-bond donors (Lipinski definition) is 1. The number of nitrogens with one attached hydrogen (secondary N) is 1. The van der Waals surface area contributed by atoms with Gasteiger partial charge in [0.2, 0.25) is 0 Å². The third-order valence-corrected chi connectivity index (χ3v) is 6.75. The fourth-order valence-electron chi connectivity index (χ4n) is 3.03. The Bertz CT molecular complexity index is 1340. The summed E-state index contributed by atoms with van der Waals surface area (Å²) in [6.45, 7) is 2.02. The Labute approximate surface area is 215 Å². The molecule has 172 valence electrons. The van der Waals surface area contributed by atoms with Crippen LogP contribution in [0.15, 0.2) is 77.0 Å². The van der Waals surface area contributed by atoms with Gasteiger partial charge in [0.05, 0.1) is 22.0 Å². The van der Waals surface area contributed by atoms with E-state index in [0.29, 0.717) is 31.6 Å². The van der Waals surface area contributed by atoms with Gasteiger partial charge in [0.25, 0.3) is 5.91 Å². The highest BCUT2D eigenvalue weighted by molar-refractivity contribution is 7.99. The Hall–Kier alpha value is -2.84. The number of hydrogen-bond acceptors (Lipinski definition) is 5. The van der Waals surface area contributed by atoms with Gasteiger partial charge in [-0.3, -0.25) is 9.36 Å². The van der Waals surface area contributed by atoms with Crippen LogP contribution < -0.4 is 5.43 Å². The molecule has 34 heavy (non-hydrogen) atoms. The van der Waals surface area contributed by atoms with Crippen LogP contribution in [-0.4, -0.2) is 32.6 Å². The molecule has 1 amide bonds. The average Bonchev–Trinajstić information content (AvgIpc) is 3.25. The molecule has 0 radical (unpaired) electrons. The molecular formula is C24H18Cl3N5OS. The molecule has 0 aliphatic heterocycles. The number of thioether (sulfide) groups is 1. The molecule has 10 heteroatoms. The fraction of sp³-hybridized carbons (Fsp3) is 0.0833. The average molecular weight is 531 g/mol. The topological polar surface area (TPSA) is 72.2 Å². The molecule has 4 rings (SSSR count). The van der Waals surface area contributed by atoms with Gasteiger partial charge in [-0.05, 0) is 37.3 Å². The quantitative estimate of drug-likeness (QED) is 0.169. The van der Waals surface area contributed by atoms with Crippen molar-refractivity contribution in [2.75, 3.05) is 5.75 Å². The zero-order valence-electron chi connectivity index (χ0n) is 17.9. The Balaban J connectivity index is 1.51. The third kappa shape index (κ3) is 5.80. The SMILES string of the molecule is Cc1ccc(-c2nnc(SCC(=O)N/N=C\c3cccc(Cl)c3Cl)n2-c2ccc(Cl)cc2)cc1. The Morgan fingerprint density at radius 1 is 1.03 bits per heavy atom. The maximum Gasteiger partial charge on any atom is 0.250 e. The summed E-state index contributed by atoms with van der Waals surface area (Å²) in [4.78, 5) is 12.4. The molecule has 6 nitrogen and oxygen atoms in total. The van der Waals surface area contributed by atoms with Crippen molar-refractivity contribution >= 4 is 58.7 Å². The van der Waals surface area contributed by atoms with E-state index in [-0.39, 0.29) is 11.7 Å². The number of hydrazone groups is 1. The van der Waals surface area contributed by atoms with E-state index < -0.39 is 0 Å². The second kappa shape index (κ2) is 11.1. The first-order chi connectivity index (χ1) is 16.4. The van der Waals surface area contributed by atoms with Crippen LogP contribution in [0.4, 0.5) is 0 Å². The van der Waals surface area contributed by atoms with Gasteiger partial charge in [-0.1, -0.05) is 88.5 Å². The van der Waals surface area contributed by atoms with E-state index in [1.807, 2.05) is 47.9 Å². The van der Waals surface area contributed by atoms with Gasteiger partial charge in [-0.2, -0.15) is 5.10 Å². The van der Waals surface area contributed by atoms with Crippen molar-refractivity contribution < 1.29 is 4.79 Å². The van der Waals surface area contributed by atoms with Crippen LogP contribution in [-0.2, 0) is 4.79 Å². The van der Waals surface area contributed by atoms with Crippen LogP contribution in [0.3, 0.4) is 0 Å². The predicted octanol–water partition coefficient (Wildman–Crippen LogP) is 6.45. The number of halogens is 3. The predicted molar refractivity (Wildman–Crippen MR) is 139 cm³/mol. The fourth-order valence-corrected chi connectivity index (χ4v) is 4.26. The van der Waals surface area contributed by atoms with Gasteiger partial charge < -0.3 is 0 Å². The molecule has 0 saturated carbocycles. The lowest BCUT2D eigenvalue weighted by Crippen LogP contribution is -2.20. The summed E-state index contributed by atoms with van der Waals surface area (Å²) in [6.07, 6.45) is 1.45. The molecule has 0 atom stereocenters. The monoisotopic (exact) mass is 529 g/mol. The normalized spacial score (nSPS) is 11.2. The lowest BCUT2D eigenvalue weighted by molar-refractivity contribution is -0.118.